The van der Waals surface area contributed by atoms with Crippen molar-refractivity contribution in [2.45, 2.75) is 26.4 Å². The summed E-state index contributed by atoms with van der Waals surface area (Å²) in [5.74, 6) is -1.03. The second-order valence-corrected chi connectivity index (χ2v) is 6.42. The Kier molecular flexibility index (Phi) is 5.66. The lowest BCUT2D eigenvalue weighted by atomic mass is 10.1. The molecule has 1 amide bonds. The smallest absolute Gasteiger partial charge is 0.341 e. The van der Waals surface area contributed by atoms with Gasteiger partial charge in [0, 0.05) is 23.1 Å². The number of fused-ring (bicyclic) bond motifs is 1. The Balaban J connectivity index is 1.78. The van der Waals surface area contributed by atoms with Crippen LogP contribution in [0.1, 0.15) is 29.3 Å². The monoisotopic (exact) mass is 383 g/mol. The number of nitrogens with zero attached hydrogens (tertiary/aromatic N) is 2. The number of carbonyl (C=O) groups is 2. The molecule has 1 aromatic heterocycles. The highest BCUT2D eigenvalue weighted by atomic mass is 35.5. The molecule has 0 saturated carbocycles. The number of aryl methyl sites for hydroxylation is 1. The number of para-hydroxylation sites is 1. The van der Waals surface area contributed by atoms with Gasteiger partial charge in [-0.1, -0.05) is 30.7 Å². The van der Waals surface area contributed by atoms with Gasteiger partial charge in [-0.2, -0.15) is 0 Å². The molecule has 138 valence electrons. The SMILES string of the molecule is CCC(OC(=O)c1cccc2nccnc12)C(=O)Nc1cc(Cl)ccc1C. The Hall–Kier alpha value is -2.99. The number of ether oxygens (including phenoxy) is 1. The Morgan fingerprint density at radius 3 is 2.74 bits per heavy atom. The molecule has 7 heteroatoms. The first-order valence-corrected chi connectivity index (χ1v) is 8.85. The van der Waals surface area contributed by atoms with E-state index >= 15 is 0 Å². The predicted molar refractivity (Wildman–Crippen MR) is 104 cm³/mol. The predicted octanol–water partition coefficient (Wildman–Crippen LogP) is 4.17. The number of nitrogens with one attached hydrogen (secondary N) is 1. The number of amides is 1. The number of hydrogen-bond donors (Lipinski definition) is 1. The van der Waals surface area contributed by atoms with Crippen LogP contribution in [-0.4, -0.2) is 27.9 Å². The zero-order valence-corrected chi connectivity index (χ0v) is 15.7. The lowest BCUT2D eigenvalue weighted by Crippen LogP contribution is -2.32. The summed E-state index contributed by atoms with van der Waals surface area (Å²) in [7, 11) is 0. The van der Waals surface area contributed by atoms with E-state index in [9.17, 15) is 9.59 Å². The number of esters is 1. The van der Waals surface area contributed by atoms with Crippen molar-refractivity contribution in [2.75, 3.05) is 5.32 Å². The van der Waals surface area contributed by atoms with Gasteiger partial charge in [0.15, 0.2) is 6.10 Å². The van der Waals surface area contributed by atoms with Crippen LogP contribution >= 0.6 is 11.6 Å². The normalized spacial score (nSPS) is 11.8. The molecule has 0 aliphatic rings. The molecular weight excluding hydrogens is 366 g/mol. The zero-order chi connectivity index (χ0) is 19.4. The Bertz CT molecular complexity index is 1000. The van der Waals surface area contributed by atoms with Gasteiger partial charge in [0.05, 0.1) is 11.1 Å². The third-order valence-corrected chi connectivity index (χ3v) is 4.32. The van der Waals surface area contributed by atoms with Crippen LogP contribution in [0.3, 0.4) is 0 Å². The first-order chi connectivity index (χ1) is 13.0. The number of benzene rings is 2. The maximum Gasteiger partial charge on any atom is 0.341 e. The molecule has 1 atom stereocenters. The highest BCUT2D eigenvalue weighted by molar-refractivity contribution is 6.31. The first-order valence-electron chi connectivity index (χ1n) is 8.47. The zero-order valence-electron chi connectivity index (χ0n) is 14.9. The fourth-order valence-electron chi connectivity index (χ4n) is 2.61. The molecule has 2 aromatic carbocycles. The van der Waals surface area contributed by atoms with Crippen LogP contribution < -0.4 is 5.32 Å². The average molecular weight is 384 g/mol. The van der Waals surface area contributed by atoms with Gasteiger partial charge < -0.3 is 10.1 Å². The number of halogens is 1. The van der Waals surface area contributed by atoms with Gasteiger partial charge in [-0.15, -0.1) is 0 Å². The Morgan fingerprint density at radius 1 is 1.19 bits per heavy atom. The van der Waals surface area contributed by atoms with E-state index in [1.54, 1.807) is 49.5 Å². The van der Waals surface area contributed by atoms with E-state index < -0.39 is 18.0 Å². The van der Waals surface area contributed by atoms with E-state index in [0.717, 1.165) is 5.56 Å². The lowest BCUT2D eigenvalue weighted by molar-refractivity contribution is -0.124. The summed E-state index contributed by atoms with van der Waals surface area (Å²) in [6, 6.07) is 10.3. The first kappa shape index (κ1) is 18.8. The minimum absolute atomic E-state index is 0.269. The summed E-state index contributed by atoms with van der Waals surface area (Å²) in [5.41, 5.74) is 2.73. The van der Waals surface area contributed by atoms with E-state index in [0.29, 0.717) is 28.2 Å². The van der Waals surface area contributed by atoms with Gasteiger partial charge in [-0.25, -0.2) is 4.79 Å². The quantitative estimate of drug-likeness (QED) is 0.669. The van der Waals surface area contributed by atoms with E-state index in [4.69, 9.17) is 16.3 Å². The molecule has 1 heterocycles. The summed E-state index contributed by atoms with van der Waals surface area (Å²) in [6.07, 6.45) is 2.44. The largest absolute Gasteiger partial charge is 0.449 e. The molecule has 6 nitrogen and oxygen atoms in total. The molecule has 3 aromatic rings. The van der Waals surface area contributed by atoms with Gasteiger partial charge in [0.2, 0.25) is 0 Å². The van der Waals surface area contributed by atoms with Crippen molar-refractivity contribution < 1.29 is 14.3 Å². The average Bonchev–Trinajstić information content (AvgIpc) is 2.68. The van der Waals surface area contributed by atoms with Crippen LogP contribution in [0.15, 0.2) is 48.8 Å². The van der Waals surface area contributed by atoms with E-state index in [1.807, 2.05) is 6.92 Å². The highest BCUT2D eigenvalue weighted by Gasteiger charge is 2.24. The molecule has 0 fully saturated rings. The van der Waals surface area contributed by atoms with Crippen molar-refractivity contribution in [3.8, 4) is 0 Å². The number of carbonyl (C=O) groups excluding carboxylic acids is 2. The van der Waals surface area contributed by atoms with Crippen molar-refractivity contribution in [3.63, 3.8) is 0 Å². The number of hydrogen-bond acceptors (Lipinski definition) is 5. The molecule has 0 bridgehead atoms. The van der Waals surface area contributed by atoms with E-state index in [-0.39, 0.29) is 5.56 Å². The molecule has 1 N–H and O–H groups in total. The molecule has 0 spiro atoms. The summed E-state index contributed by atoms with van der Waals surface area (Å²) in [6.45, 7) is 3.62. The molecular formula is C20H18ClN3O3. The van der Waals surface area contributed by atoms with Crippen LogP contribution in [0, 0.1) is 6.92 Å². The van der Waals surface area contributed by atoms with Gasteiger partial charge in [-0.3, -0.25) is 14.8 Å². The van der Waals surface area contributed by atoms with Crippen molar-refractivity contribution in [2.24, 2.45) is 0 Å². The molecule has 0 aliphatic carbocycles. The van der Waals surface area contributed by atoms with Crippen molar-refractivity contribution >= 4 is 40.2 Å². The second kappa shape index (κ2) is 8.14. The standard InChI is InChI=1S/C20H18ClN3O3/c1-3-17(19(25)24-16-11-13(21)8-7-12(16)2)27-20(26)14-5-4-6-15-18(14)23-10-9-22-15/h4-11,17H,3H2,1-2H3,(H,24,25). The summed E-state index contributed by atoms with van der Waals surface area (Å²) in [4.78, 5) is 33.6. The fraction of sp³-hybridized carbons (Fsp3) is 0.200. The number of aromatic nitrogens is 2. The topological polar surface area (TPSA) is 81.2 Å². The van der Waals surface area contributed by atoms with E-state index in [2.05, 4.69) is 15.3 Å². The molecule has 1 unspecified atom stereocenters. The van der Waals surface area contributed by atoms with Crippen molar-refractivity contribution in [3.05, 3.63) is 64.9 Å². The number of anilines is 1. The summed E-state index contributed by atoms with van der Waals surface area (Å²) in [5, 5.41) is 3.28. The molecule has 0 aliphatic heterocycles. The number of rotatable bonds is 5. The van der Waals surface area contributed by atoms with Crippen molar-refractivity contribution in [1.29, 1.82) is 0 Å². The maximum atomic E-state index is 12.6. The van der Waals surface area contributed by atoms with E-state index in [1.165, 1.54) is 6.20 Å². The summed E-state index contributed by atoms with van der Waals surface area (Å²) >= 11 is 5.98. The molecule has 0 radical (unpaired) electrons. The van der Waals surface area contributed by atoms with Crippen LogP contribution in [0.25, 0.3) is 11.0 Å². The fourth-order valence-corrected chi connectivity index (χ4v) is 2.79. The molecule has 0 saturated heterocycles. The van der Waals surface area contributed by atoms with Gasteiger partial charge in [0.1, 0.15) is 5.52 Å². The van der Waals surface area contributed by atoms with Crippen molar-refractivity contribution in [1.82, 2.24) is 9.97 Å². The highest BCUT2D eigenvalue weighted by Crippen LogP contribution is 2.21. The van der Waals surface area contributed by atoms with Gasteiger partial charge >= 0.3 is 5.97 Å². The van der Waals surface area contributed by atoms with Gasteiger partial charge in [0.25, 0.3) is 5.91 Å². The van der Waals surface area contributed by atoms with Gasteiger partial charge in [-0.05, 0) is 43.2 Å². The van der Waals surface area contributed by atoms with Crippen LogP contribution in [0.5, 0.6) is 0 Å². The van der Waals surface area contributed by atoms with Crippen LogP contribution in [0.2, 0.25) is 5.02 Å². The Labute approximate surface area is 161 Å². The third kappa shape index (κ3) is 4.23. The third-order valence-electron chi connectivity index (χ3n) is 4.09. The maximum absolute atomic E-state index is 12.6. The second-order valence-electron chi connectivity index (χ2n) is 5.98. The Morgan fingerprint density at radius 2 is 1.96 bits per heavy atom. The molecule has 27 heavy (non-hydrogen) atoms. The summed E-state index contributed by atoms with van der Waals surface area (Å²) < 4.78 is 5.45. The minimum Gasteiger partial charge on any atom is -0.449 e. The van der Waals surface area contributed by atoms with Crippen LogP contribution in [-0.2, 0) is 9.53 Å². The minimum atomic E-state index is -0.942. The van der Waals surface area contributed by atoms with Crippen LogP contribution in [0.4, 0.5) is 5.69 Å². The lowest BCUT2D eigenvalue weighted by Gasteiger charge is -2.17. The molecule has 3 rings (SSSR count).